The minimum Gasteiger partial charge on any atom is -0.377 e. The molecule has 74 valence electrons. The van der Waals surface area contributed by atoms with Gasteiger partial charge in [0.2, 0.25) is 5.91 Å². The zero-order valence-electron chi connectivity index (χ0n) is 7.54. The lowest BCUT2D eigenvalue weighted by Gasteiger charge is -2.34. The van der Waals surface area contributed by atoms with Gasteiger partial charge < -0.3 is 9.64 Å². The van der Waals surface area contributed by atoms with Gasteiger partial charge in [-0.15, -0.1) is 0 Å². The highest BCUT2D eigenvalue weighted by Crippen LogP contribution is 2.32. The summed E-state index contributed by atoms with van der Waals surface area (Å²) < 4.78 is 5.33. The molecule has 1 unspecified atom stereocenters. The normalized spacial score (nSPS) is 29.0. The lowest BCUT2D eigenvalue weighted by molar-refractivity contribution is -0.140. The third kappa shape index (κ3) is 2.05. The van der Waals surface area contributed by atoms with Crippen LogP contribution in [0.3, 0.4) is 0 Å². The molecule has 0 spiro atoms. The number of hydrogen-bond donors (Lipinski definition) is 0. The quantitative estimate of drug-likeness (QED) is 0.683. The predicted octanol–water partition coefficient (Wildman–Crippen LogP) is 1.02. The molecule has 1 saturated heterocycles. The minimum atomic E-state index is 0.252. The molecular formula is C9H14BrNO2. The number of ether oxygens (including phenoxy) is 1. The summed E-state index contributed by atoms with van der Waals surface area (Å²) in [5.41, 5.74) is 0. The maximum Gasteiger partial charge on any atom is 0.226 e. The molecule has 0 aromatic heterocycles. The minimum absolute atomic E-state index is 0.252. The zero-order chi connectivity index (χ0) is 9.26. The van der Waals surface area contributed by atoms with Crippen molar-refractivity contribution < 1.29 is 9.53 Å². The van der Waals surface area contributed by atoms with Gasteiger partial charge in [-0.05, 0) is 12.8 Å². The molecule has 1 saturated carbocycles. The summed E-state index contributed by atoms with van der Waals surface area (Å²) in [5.74, 6) is 0.674. The summed E-state index contributed by atoms with van der Waals surface area (Å²) in [5, 5.41) is 0.825. The van der Waals surface area contributed by atoms with Crippen molar-refractivity contribution in [2.45, 2.75) is 18.9 Å². The number of hydrogen-bond acceptors (Lipinski definition) is 2. The van der Waals surface area contributed by atoms with E-state index in [9.17, 15) is 4.79 Å². The molecule has 1 amide bonds. The molecule has 0 radical (unpaired) electrons. The van der Waals surface area contributed by atoms with Gasteiger partial charge in [-0.3, -0.25) is 4.79 Å². The predicted molar refractivity (Wildman–Crippen MR) is 52.8 cm³/mol. The van der Waals surface area contributed by atoms with Gasteiger partial charge in [0.15, 0.2) is 0 Å². The average molecular weight is 248 g/mol. The molecular weight excluding hydrogens is 234 g/mol. The number of carbonyl (C=O) groups excluding carboxylic acids is 1. The van der Waals surface area contributed by atoms with Crippen LogP contribution in [0.1, 0.15) is 12.8 Å². The molecule has 2 aliphatic rings. The van der Waals surface area contributed by atoms with Crippen molar-refractivity contribution in [2.24, 2.45) is 5.92 Å². The van der Waals surface area contributed by atoms with E-state index in [0.29, 0.717) is 25.0 Å². The van der Waals surface area contributed by atoms with E-state index in [2.05, 4.69) is 15.9 Å². The van der Waals surface area contributed by atoms with Crippen LogP contribution < -0.4 is 0 Å². The van der Waals surface area contributed by atoms with Gasteiger partial charge in [0.05, 0.1) is 19.3 Å². The van der Waals surface area contributed by atoms with Crippen LogP contribution in [0.4, 0.5) is 0 Å². The van der Waals surface area contributed by atoms with Crippen LogP contribution in [-0.2, 0) is 9.53 Å². The average Bonchev–Trinajstić information content (AvgIpc) is 3.00. The Bertz CT molecular complexity index is 206. The van der Waals surface area contributed by atoms with E-state index in [1.807, 2.05) is 4.90 Å². The first-order valence-electron chi connectivity index (χ1n) is 4.77. The van der Waals surface area contributed by atoms with E-state index in [1.54, 1.807) is 0 Å². The number of halogens is 1. The van der Waals surface area contributed by atoms with E-state index in [0.717, 1.165) is 24.7 Å². The summed E-state index contributed by atoms with van der Waals surface area (Å²) in [6.45, 7) is 2.15. The number of morpholine rings is 1. The third-order valence-corrected chi connectivity index (χ3v) is 3.36. The van der Waals surface area contributed by atoms with Gasteiger partial charge in [-0.25, -0.2) is 0 Å². The maximum absolute atomic E-state index is 11.8. The summed E-state index contributed by atoms with van der Waals surface area (Å²) in [6.07, 6.45) is 2.18. The SMILES string of the molecule is O=C(C1CC1)N1CCOCC1CBr. The van der Waals surface area contributed by atoms with Crippen LogP contribution in [0.15, 0.2) is 0 Å². The fourth-order valence-corrected chi connectivity index (χ4v) is 2.17. The van der Waals surface area contributed by atoms with Gasteiger partial charge in [-0.1, -0.05) is 15.9 Å². The fourth-order valence-electron chi connectivity index (χ4n) is 1.64. The summed E-state index contributed by atoms with van der Waals surface area (Å²) in [4.78, 5) is 13.8. The number of alkyl halides is 1. The smallest absolute Gasteiger partial charge is 0.226 e. The van der Waals surface area contributed by atoms with E-state index < -0.39 is 0 Å². The summed E-state index contributed by atoms with van der Waals surface area (Å²) >= 11 is 3.42. The molecule has 1 heterocycles. The second kappa shape index (κ2) is 3.96. The molecule has 0 aromatic rings. The Kier molecular flexibility index (Phi) is 2.89. The number of amides is 1. The van der Waals surface area contributed by atoms with Crippen molar-refractivity contribution in [2.75, 3.05) is 25.1 Å². The van der Waals surface area contributed by atoms with Crippen LogP contribution in [-0.4, -0.2) is 41.9 Å². The van der Waals surface area contributed by atoms with Gasteiger partial charge in [0, 0.05) is 17.8 Å². The van der Waals surface area contributed by atoms with Crippen LogP contribution >= 0.6 is 15.9 Å². The molecule has 1 atom stereocenters. The molecule has 0 bridgehead atoms. The highest BCUT2D eigenvalue weighted by atomic mass is 79.9. The van der Waals surface area contributed by atoms with Crippen LogP contribution in [0.5, 0.6) is 0 Å². The van der Waals surface area contributed by atoms with Gasteiger partial charge in [0.1, 0.15) is 0 Å². The van der Waals surface area contributed by atoms with Gasteiger partial charge >= 0.3 is 0 Å². The number of carbonyl (C=O) groups is 1. The van der Waals surface area contributed by atoms with Crippen molar-refractivity contribution in [3.05, 3.63) is 0 Å². The van der Waals surface area contributed by atoms with Gasteiger partial charge in [0.25, 0.3) is 0 Å². The molecule has 13 heavy (non-hydrogen) atoms. The first-order valence-corrected chi connectivity index (χ1v) is 5.89. The van der Waals surface area contributed by atoms with Crippen LogP contribution in [0.25, 0.3) is 0 Å². The zero-order valence-corrected chi connectivity index (χ0v) is 9.13. The number of rotatable bonds is 2. The van der Waals surface area contributed by atoms with Crippen LogP contribution in [0, 0.1) is 5.92 Å². The molecule has 2 fully saturated rings. The lowest BCUT2D eigenvalue weighted by Crippen LogP contribution is -2.50. The third-order valence-electron chi connectivity index (χ3n) is 2.62. The molecule has 3 nitrogen and oxygen atoms in total. The highest BCUT2D eigenvalue weighted by Gasteiger charge is 2.37. The largest absolute Gasteiger partial charge is 0.377 e. The van der Waals surface area contributed by atoms with E-state index >= 15 is 0 Å². The molecule has 1 aliphatic heterocycles. The molecule has 0 N–H and O–H groups in total. The summed E-state index contributed by atoms with van der Waals surface area (Å²) in [6, 6.07) is 0.252. The fraction of sp³-hybridized carbons (Fsp3) is 0.889. The second-order valence-electron chi connectivity index (χ2n) is 3.69. The van der Waals surface area contributed by atoms with E-state index in [1.165, 1.54) is 0 Å². The Morgan fingerprint density at radius 3 is 2.92 bits per heavy atom. The van der Waals surface area contributed by atoms with E-state index in [4.69, 9.17) is 4.74 Å². The summed E-state index contributed by atoms with van der Waals surface area (Å²) in [7, 11) is 0. The Labute approximate surface area is 86.5 Å². The lowest BCUT2D eigenvalue weighted by atomic mass is 10.2. The Morgan fingerprint density at radius 2 is 2.31 bits per heavy atom. The van der Waals surface area contributed by atoms with Crippen LogP contribution in [0.2, 0.25) is 0 Å². The first-order chi connectivity index (χ1) is 6.33. The van der Waals surface area contributed by atoms with Crippen molar-refractivity contribution in [3.63, 3.8) is 0 Å². The molecule has 2 rings (SSSR count). The van der Waals surface area contributed by atoms with Crippen molar-refractivity contribution in [1.82, 2.24) is 4.90 Å². The van der Waals surface area contributed by atoms with E-state index in [-0.39, 0.29) is 6.04 Å². The van der Waals surface area contributed by atoms with Gasteiger partial charge in [-0.2, -0.15) is 0 Å². The molecule has 4 heteroatoms. The Hall–Kier alpha value is -0.0900. The standard InChI is InChI=1S/C9H14BrNO2/c10-5-8-6-13-4-3-11(8)9(12)7-1-2-7/h7-8H,1-6H2. The Balaban J connectivity index is 1.96. The van der Waals surface area contributed by atoms with Crippen molar-refractivity contribution in [1.29, 1.82) is 0 Å². The van der Waals surface area contributed by atoms with Crippen molar-refractivity contribution >= 4 is 21.8 Å². The van der Waals surface area contributed by atoms with Crippen molar-refractivity contribution in [3.8, 4) is 0 Å². The number of nitrogens with zero attached hydrogens (tertiary/aromatic N) is 1. The first kappa shape index (κ1) is 9.46. The highest BCUT2D eigenvalue weighted by molar-refractivity contribution is 9.09. The molecule has 0 aromatic carbocycles. The maximum atomic E-state index is 11.8. The monoisotopic (exact) mass is 247 g/mol. The Morgan fingerprint density at radius 1 is 1.54 bits per heavy atom. The topological polar surface area (TPSA) is 29.5 Å². The molecule has 1 aliphatic carbocycles. The second-order valence-corrected chi connectivity index (χ2v) is 4.34.